The molecule has 0 aliphatic carbocycles. The number of hydrogen-bond acceptors (Lipinski definition) is 3. The van der Waals surface area contributed by atoms with Crippen LogP contribution >= 0.6 is 11.8 Å². The molecule has 1 aliphatic heterocycles. The van der Waals surface area contributed by atoms with Crippen LogP contribution in [-0.2, 0) is 11.2 Å². The van der Waals surface area contributed by atoms with E-state index in [0.29, 0.717) is 0 Å². The number of aldehydes is 1. The van der Waals surface area contributed by atoms with Crippen molar-refractivity contribution in [2.45, 2.75) is 24.0 Å². The van der Waals surface area contributed by atoms with Gasteiger partial charge in [0.1, 0.15) is 12.0 Å². The number of carbonyl (C=O) groups excluding carboxylic acids is 1. The van der Waals surface area contributed by atoms with E-state index in [4.69, 9.17) is 5.11 Å². The Labute approximate surface area is 93.7 Å². The number of phenols is 1. The Bertz CT molecular complexity index is 339. The average Bonchev–Trinajstić information content (AvgIpc) is 2.71. The van der Waals surface area contributed by atoms with Crippen molar-refractivity contribution in [2.75, 3.05) is 5.75 Å². The van der Waals surface area contributed by atoms with Crippen LogP contribution in [0.2, 0.25) is 0 Å². The molecule has 0 spiro atoms. The summed E-state index contributed by atoms with van der Waals surface area (Å²) in [6.07, 6.45) is 3.97. The number of benzene rings is 1. The van der Waals surface area contributed by atoms with Crippen LogP contribution in [0, 0.1) is 0 Å². The standard InChI is InChI=1S/C12H14O2S/c13-9-12(6-1-7-15-12)8-10-2-4-11(14)5-3-10/h2-5,9,14H,1,6-8H2. The van der Waals surface area contributed by atoms with Crippen molar-refractivity contribution in [1.82, 2.24) is 0 Å². The zero-order valence-corrected chi connectivity index (χ0v) is 9.30. The summed E-state index contributed by atoms with van der Waals surface area (Å²) in [5.74, 6) is 1.36. The molecule has 1 heterocycles. The highest BCUT2D eigenvalue weighted by Crippen LogP contribution is 2.39. The Balaban J connectivity index is 2.12. The molecule has 1 aromatic rings. The largest absolute Gasteiger partial charge is 0.508 e. The smallest absolute Gasteiger partial charge is 0.136 e. The summed E-state index contributed by atoms with van der Waals surface area (Å²) < 4.78 is -0.211. The fourth-order valence-corrected chi connectivity index (χ4v) is 3.27. The maximum atomic E-state index is 11.1. The average molecular weight is 222 g/mol. The highest BCUT2D eigenvalue weighted by atomic mass is 32.2. The fourth-order valence-electron chi connectivity index (χ4n) is 1.95. The minimum Gasteiger partial charge on any atom is -0.508 e. The molecule has 0 aromatic heterocycles. The molecule has 1 N–H and O–H groups in total. The van der Waals surface area contributed by atoms with Gasteiger partial charge in [-0.05, 0) is 42.7 Å². The molecule has 1 aromatic carbocycles. The monoisotopic (exact) mass is 222 g/mol. The van der Waals surface area contributed by atoms with E-state index < -0.39 is 0 Å². The number of carbonyl (C=O) groups is 1. The predicted molar refractivity (Wildman–Crippen MR) is 62.3 cm³/mol. The number of hydrogen-bond donors (Lipinski definition) is 1. The van der Waals surface area contributed by atoms with E-state index in [0.717, 1.165) is 36.9 Å². The molecule has 3 heteroatoms. The first-order chi connectivity index (χ1) is 7.24. The second-order valence-corrected chi connectivity index (χ2v) is 5.49. The molecule has 15 heavy (non-hydrogen) atoms. The molecular formula is C12H14O2S. The molecule has 1 atom stereocenters. The molecular weight excluding hydrogens is 208 g/mol. The van der Waals surface area contributed by atoms with Crippen molar-refractivity contribution in [3.63, 3.8) is 0 Å². The Morgan fingerprint density at radius 1 is 1.40 bits per heavy atom. The van der Waals surface area contributed by atoms with Crippen molar-refractivity contribution in [3.05, 3.63) is 29.8 Å². The Morgan fingerprint density at radius 3 is 2.67 bits per heavy atom. The molecule has 2 nitrogen and oxygen atoms in total. The summed E-state index contributed by atoms with van der Waals surface area (Å²) in [5.41, 5.74) is 1.12. The second-order valence-electron chi connectivity index (χ2n) is 3.98. The molecule has 0 bridgehead atoms. The molecule has 0 radical (unpaired) electrons. The van der Waals surface area contributed by atoms with Crippen LogP contribution in [0.3, 0.4) is 0 Å². The van der Waals surface area contributed by atoms with Gasteiger partial charge in [0.15, 0.2) is 0 Å². The summed E-state index contributed by atoms with van der Waals surface area (Å²) in [6.45, 7) is 0. The van der Waals surface area contributed by atoms with Crippen molar-refractivity contribution in [3.8, 4) is 5.75 Å². The summed E-state index contributed by atoms with van der Waals surface area (Å²) in [6, 6.07) is 7.12. The van der Waals surface area contributed by atoms with Crippen LogP contribution in [0.5, 0.6) is 5.75 Å². The second kappa shape index (κ2) is 4.27. The minimum atomic E-state index is -0.211. The van der Waals surface area contributed by atoms with E-state index in [1.807, 2.05) is 12.1 Å². The number of thioether (sulfide) groups is 1. The SMILES string of the molecule is O=CC1(Cc2ccc(O)cc2)CCCS1. The zero-order chi connectivity index (χ0) is 10.7. The van der Waals surface area contributed by atoms with Gasteiger partial charge < -0.3 is 9.90 Å². The fraction of sp³-hybridized carbons (Fsp3) is 0.417. The van der Waals surface area contributed by atoms with E-state index in [1.54, 1.807) is 23.9 Å². The Morgan fingerprint density at radius 2 is 2.13 bits per heavy atom. The quantitative estimate of drug-likeness (QED) is 0.798. The molecule has 80 valence electrons. The molecule has 1 unspecified atom stereocenters. The lowest BCUT2D eigenvalue weighted by molar-refractivity contribution is -0.109. The lowest BCUT2D eigenvalue weighted by Crippen LogP contribution is -2.25. The van der Waals surface area contributed by atoms with Gasteiger partial charge >= 0.3 is 0 Å². The Kier molecular flexibility index (Phi) is 3.00. The van der Waals surface area contributed by atoms with Crippen molar-refractivity contribution >= 4 is 18.0 Å². The molecule has 1 aliphatic rings. The summed E-state index contributed by atoms with van der Waals surface area (Å²) >= 11 is 1.76. The van der Waals surface area contributed by atoms with Gasteiger partial charge in [0, 0.05) is 0 Å². The first kappa shape index (κ1) is 10.6. The zero-order valence-electron chi connectivity index (χ0n) is 8.48. The van der Waals surface area contributed by atoms with Crippen LogP contribution in [0.25, 0.3) is 0 Å². The van der Waals surface area contributed by atoms with Gasteiger partial charge in [-0.2, -0.15) is 0 Å². The first-order valence-corrected chi connectivity index (χ1v) is 6.11. The summed E-state index contributed by atoms with van der Waals surface area (Å²) in [7, 11) is 0. The number of aromatic hydroxyl groups is 1. The van der Waals surface area contributed by atoms with E-state index in [-0.39, 0.29) is 10.5 Å². The maximum Gasteiger partial charge on any atom is 0.136 e. The molecule has 1 saturated heterocycles. The third kappa shape index (κ3) is 2.34. The van der Waals surface area contributed by atoms with E-state index in [1.165, 1.54) is 0 Å². The maximum absolute atomic E-state index is 11.1. The predicted octanol–water partition coefficient (Wildman–Crippen LogP) is 2.40. The van der Waals surface area contributed by atoms with Gasteiger partial charge in [-0.3, -0.25) is 0 Å². The molecule has 1 fully saturated rings. The molecule has 0 saturated carbocycles. The third-order valence-electron chi connectivity index (χ3n) is 2.79. The third-order valence-corrected chi connectivity index (χ3v) is 4.30. The van der Waals surface area contributed by atoms with Crippen molar-refractivity contribution in [2.24, 2.45) is 0 Å². The van der Waals surface area contributed by atoms with Gasteiger partial charge in [-0.25, -0.2) is 0 Å². The van der Waals surface area contributed by atoms with Crippen LogP contribution in [-0.4, -0.2) is 21.9 Å². The van der Waals surface area contributed by atoms with E-state index in [9.17, 15) is 4.79 Å². The number of phenolic OH excluding ortho intramolecular Hbond substituents is 1. The van der Waals surface area contributed by atoms with Crippen LogP contribution in [0.15, 0.2) is 24.3 Å². The Hall–Kier alpha value is -0.960. The molecule has 0 amide bonds. The van der Waals surface area contributed by atoms with Crippen molar-refractivity contribution in [1.29, 1.82) is 0 Å². The lowest BCUT2D eigenvalue weighted by Gasteiger charge is -2.20. The highest BCUT2D eigenvalue weighted by Gasteiger charge is 2.34. The lowest BCUT2D eigenvalue weighted by atomic mass is 9.96. The van der Waals surface area contributed by atoms with Gasteiger partial charge in [0.25, 0.3) is 0 Å². The number of rotatable bonds is 3. The topological polar surface area (TPSA) is 37.3 Å². The van der Waals surface area contributed by atoms with Gasteiger partial charge in [0.05, 0.1) is 4.75 Å². The van der Waals surface area contributed by atoms with Crippen LogP contribution in [0.1, 0.15) is 18.4 Å². The van der Waals surface area contributed by atoms with E-state index >= 15 is 0 Å². The van der Waals surface area contributed by atoms with Gasteiger partial charge in [0.2, 0.25) is 0 Å². The highest BCUT2D eigenvalue weighted by molar-refractivity contribution is 8.01. The summed E-state index contributed by atoms with van der Waals surface area (Å²) in [4.78, 5) is 11.1. The van der Waals surface area contributed by atoms with E-state index in [2.05, 4.69) is 0 Å². The van der Waals surface area contributed by atoms with Crippen LogP contribution in [0.4, 0.5) is 0 Å². The first-order valence-electron chi connectivity index (χ1n) is 5.12. The van der Waals surface area contributed by atoms with Gasteiger partial charge in [-0.1, -0.05) is 12.1 Å². The normalized spacial score (nSPS) is 25.3. The van der Waals surface area contributed by atoms with Crippen LogP contribution < -0.4 is 0 Å². The minimum absolute atomic E-state index is 0.211. The van der Waals surface area contributed by atoms with Gasteiger partial charge in [-0.15, -0.1) is 11.8 Å². The summed E-state index contributed by atoms with van der Waals surface area (Å²) in [5, 5.41) is 9.16. The molecule has 2 rings (SSSR count). The van der Waals surface area contributed by atoms with Crippen molar-refractivity contribution < 1.29 is 9.90 Å².